The van der Waals surface area contributed by atoms with Crippen LogP contribution >= 0.6 is 0 Å². The molecule has 0 aromatic heterocycles. The van der Waals surface area contributed by atoms with Crippen LogP contribution in [0, 0.1) is 17.8 Å². The van der Waals surface area contributed by atoms with Crippen molar-refractivity contribution in [2.45, 2.75) is 38.5 Å². The van der Waals surface area contributed by atoms with Crippen molar-refractivity contribution in [2.24, 2.45) is 17.8 Å². The summed E-state index contributed by atoms with van der Waals surface area (Å²) in [6.07, 6.45) is 15.9. The van der Waals surface area contributed by atoms with Gasteiger partial charge in [-0.25, -0.2) is 0 Å². The number of fused-ring (bicyclic) bond motifs is 3. The Kier molecular flexibility index (Phi) is 1.81. The summed E-state index contributed by atoms with van der Waals surface area (Å²) in [6.45, 7) is 0. The molecule has 0 bridgehead atoms. The van der Waals surface area contributed by atoms with Crippen LogP contribution in [0.25, 0.3) is 0 Å². The van der Waals surface area contributed by atoms with Crippen molar-refractivity contribution in [3.05, 3.63) is 23.8 Å². The van der Waals surface area contributed by atoms with Crippen molar-refractivity contribution < 1.29 is 0 Å². The maximum absolute atomic E-state index is 2.62. The highest BCUT2D eigenvalue weighted by Gasteiger charge is 2.37. The van der Waals surface area contributed by atoms with Crippen LogP contribution in [-0.4, -0.2) is 0 Å². The summed E-state index contributed by atoms with van der Waals surface area (Å²) in [5.74, 6) is 2.91. The molecule has 3 aliphatic rings. The zero-order chi connectivity index (χ0) is 8.67. The Morgan fingerprint density at radius 3 is 3.00 bits per heavy atom. The highest BCUT2D eigenvalue weighted by molar-refractivity contribution is 5.23. The molecule has 70 valence electrons. The molecule has 0 aliphatic heterocycles. The molecule has 0 heteroatoms. The molecule has 0 nitrogen and oxygen atoms in total. The zero-order valence-electron chi connectivity index (χ0n) is 8.21. The van der Waals surface area contributed by atoms with Gasteiger partial charge in [0.1, 0.15) is 0 Å². The zero-order valence-corrected chi connectivity index (χ0v) is 8.21. The molecule has 1 saturated carbocycles. The van der Waals surface area contributed by atoms with Crippen LogP contribution in [0.5, 0.6) is 0 Å². The van der Waals surface area contributed by atoms with Crippen molar-refractivity contribution >= 4 is 0 Å². The van der Waals surface area contributed by atoms with Crippen LogP contribution in [0.4, 0.5) is 0 Å². The fourth-order valence-corrected chi connectivity index (χ4v) is 3.55. The van der Waals surface area contributed by atoms with Gasteiger partial charge in [0, 0.05) is 0 Å². The van der Waals surface area contributed by atoms with Gasteiger partial charge in [0.2, 0.25) is 0 Å². The second-order valence-corrected chi connectivity index (χ2v) is 4.86. The van der Waals surface area contributed by atoms with E-state index < -0.39 is 0 Å². The molecule has 0 heterocycles. The van der Waals surface area contributed by atoms with E-state index in [1.54, 1.807) is 0 Å². The quantitative estimate of drug-likeness (QED) is 0.491. The predicted molar refractivity (Wildman–Crippen MR) is 55.4 cm³/mol. The van der Waals surface area contributed by atoms with E-state index in [-0.39, 0.29) is 0 Å². The molecule has 0 amide bonds. The van der Waals surface area contributed by atoms with E-state index in [4.69, 9.17) is 0 Å². The number of hydrogen-bond donors (Lipinski definition) is 0. The van der Waals surface area contributed by atoms with E-state index in [1.165, 1.54) is 38.5 Å². The van der Waals surface area contributed by atoms with Crippen molar-refractivity contribution in [1.29, 1.82) is 0 Å². The van der Waals surface area contributed by atoms with Crippen LogP contribution in [0.1, 0.15) is 38.5 Å². The summed E-state index contributed by atoms with van der Waals surface area (Å²) in [4.78, 5) is 0. The molecular formula is C13H18. The molecule has 0 spiro atoms. The summed E-state index contributed by atoms with van der Waals surface area (Å²) in [5.41, 5.74) is 1.82. The third-order valence-corrected chi connectivity index (χ3v) is 4.18. The standard InChI is InChI=1S/C13H18/c1-3-7-12-10(5-1)9-11-6-2-4-8-13(11)12/h1,3,9-10,12-13H,2,4-8H2. The van der Waals surface area contributed by atoms with Gasteiger partial charge in [-0.1, -0.05) is 30.2 Å². The van der Waals surface area contributed by atoms with Gasteiger partial charge in [0.15, 0.2) is 0 Å². The summed E-state index contributed by atoms with van der Waals surface area (Å²) in [6, 6.07) is 0. The van der Waals surface area contributed by atoms with Crippen LogP contribution in [-0.2, 0) is 0 Å². The summed E-state index contributed by atoms with van der Waals surface area (Å²) >= 11 is 0. The Balaban J connectivity index is 1.87. The lowest BCUT2D eigenvalue weighted by molar-refractivity contribution is 0.283. The Bertz CT molecular complexity index is 259. The van der Waals surface area contributed by atoms with Crippen LogP contribution in [0.3, 0.4) is 0 Å². The van der Waals surface area contributed by atoms with E-state index >= 15 is 0 Å². The first-order valence-electron chi connectivity index (χ1n) is 5.81. The maximum Gasteiger partial charge on any atom is -0.0159 e. The molecule has 13 heavy (non-hydrogen) atoms. The van der Waals surface area contributed by atoms with Crippen LogP contribution in [0.15, 0.2) is 23.8 Å². The minimum Gasteiger partial charge on any atom is -0.0882 e. The molecule has 3 unspecified atom stereocenters. The molecule has 3 atom stereocenters. The number of rotatable bonds is 0. The van der Waals surface area contributed by atoms with E-state index in [0.29, 0.717) is 0 Å². The minimum absolute atomic E-state index is 0.920. The monoisotopic (exact) mass is 174 g/mol. The highest BCUT2D eigenvalue weighted by Crippen LogP contribution is 2.48. The van der Waals surface area contributed by atoms with Gasteiger partial charge in [-0.15, -0.1) is 0 Å². The Morgan fingerprint density at radius 1 is 1.08 bits per heavy atom. The first kappa shape index (κ1) is 7.84. The SMILES string of the molecule is C1=CCC2C(C=C3CCCCC32)C1. The molecule has 3 aliphatic carbocycles. The van der Waals surface area contributed by atoms with Crippen LogP contribution < -0.4 is 0 Å². The minimum atomic E-state index is 0.920. The normalized spacial score (nSPS) is 42.5. The van der Waals surface area contributed by atoms with E-state index in [9.17, 15) is 0 Å². The van der Waals surface area contributed by atoms with Crippen molar-refractivity contribution in [1.82, 2.24) is 0 Å². The molecule has 0 aromatic carbocycles. The third-order valence-electron chi connectivity index (χ3n) is 4.18. The molecular weight excluding hydrogens is 156 g/mol. The molecule has 3 rings (SSSR count). The largest absolute Gasteiger partial charge is 0.0882 e. The fraction of sp³-hybridized carbons (Fsp3) is 0.692. The van der Waals surface area contributed by atoms with E-state index in [1.807, 2.05) is 5.57 Å². The van der Waals surface area contributed by atoms with Gasteiger partial charge in [0.05, 0.1) is 0 Å². The Labute approximate surface area is 80.7 Å². The Morgan fingerprint density at radius 2 is 2.00 bits per heavy atom. The van der Waals surface area contributed by atoms with Crippen molar-refractivity contribution in [3.63, 3.8) is 0 Å². The van der Waals surface area contributed by atoms with Crippen molar-refractivity contribution in [3.8, 4) is 0 Å². The summed E-state index contributed by atoms with van der Waals surface area (Å²) in [5, 5.41) is 0. The lowest BCUT2D eigenvalue weighted by atomic mass is 9.75. The average molecular weight is 174 g/mol. The second-order valence-electron chi connectivity index (χ2n) is 4.86. The van der Waals surface area contributed by atoms with Gasteiger partial charge in [-0.2, -0.15) is 0 Å². The number of hydrogen-bond acceptors (Lipinski definition) is 0. The maximum atomic E-state index is 2.62. The summed E-state index contributed by atoms with van der Waals surface area (Å²) < 4.78 is 0. The van der Waals surface area contributed by atoms with Gasteiger partial charge in [-0.05, 0) is 49.9 Å². The smallest absolute Gasteiger partial charge is 0.0159 e. The van der Waals surface area contributed by atoms with E-state index in [2.05, 4.69) is 18.2 Å². The van der Waals surface area contributed by atoms with Crippen LogP contribution in [0.2, 0.25) is 0 Å². The lowest BCUT2D eigenvalue weighted by Gasteiger charge is -2.30. The lowest BCUT2D eigenvalue weighted by Crippen LogP contribution is -2.20. The topological polar surface area (TPSA) is 0 Å². The van der Waals surface area contributed by atoms with Gasteiger partial charge in [-0.3, -0.25) is 0 Å². The molecule has 1 fully saturated rings. The van der Waals surface area contributed by atoms with Crippen molar-refractivity contribution in [2.75, 3.05) is 0 Å². The molecule has 0 saturated heterocycles. The van der Waals surface area contributed by atoms with E-state index in [0.717, 1.165) is 17.8 Å². The number of allylic oxidation sites excluding steroid dienone is 4. The fourth-order valence-electron chi connectivity index (χ4n) is 3.55. The first-order chi connectivity index (χ1) is 6.45. The predicted octanol–water partition coefficient (Wildman–Crippen LogP) is 3.70. The Hall–Kier alpha value is -0.520. The molecule has 0 N–H and O–H groups in total. The van der Waals surface area contributed by atoms with Gasteiger partial charge in [0.25, 0.3) is 0 Å². The molecule has 0 aromatic rings. The third kappa shape index (κ3) is 1.19. The first-order valence-corrected chi connectivity index (χ1v) is 5.81. The molecule has 0 radical (unpaired) electrons. The van der Waals surface area contributed by atoms with Gasteiger partial charge >= 0.3 is 0 Å². The highest BCUT2D eigenvalue weighted by atomic mass is 14.4. The second kappa shape index (κ2) is 3.01. The van der Waals surface area contributed by atoms with Gasteiger partial charge < -0.3 is 0 Å². The summed E-state index contributed by atoms with van der Waals surface area (Å²) in [7, 11) is 0. The average Bonchev–Trinajstić information content (AvgIpc) is 2.56.